The first kappa shape index (κ1) is 11.3. The molecular weight excluding hydrogens is 222 g/mol. The largest absolute Gasteiger partial charge is 0.497 e. The van der Waals surface area contributed by atoms with E-state index in [0.717, 1.165) is 11.3 Å². The maximum absolute atomic E-state index is 6.34. The van der Waals surface area contributed by atoms with E-state index in [0.29, 0.717) is 0 Å². The summed E-state index contributed by atoms with van der Waals surface area (Å²) in [6.45, 7) is 4.31. The molecule has 0 amide bonds. The van der Waals surface area contributed by atoms with Crippen LogP contribution in [0.2, 0.25) is 0 Å². The van der Waals surface area contributed by atoms with Crippen molar-refractivity contribution in [1.29, 1.82) is 0 Å². The number of aryl methyl sites for hydroxylation is 1. The van der Waals surface area contributed by atoms with E-state index in [4.69, 9.17) is 10.5 Å². The van der Waals surface area contributed by atoms with Gasteiger partial charge in [-0.1, -0.05) is 18.2 Å². The van der Waals surface area contributed by atoms with Crippen molar-refractivity contribution in [1.82, 2.24) is 0 Å². The number of methoxy groups -OCH3 is 1. The van der Waals surface area contributed by atoms with E-state index in [9.17, 15) is 0 Å². The number of hydrogen-bond donors (Lipinski definition) is 1. The summed E-state index contributed by atoms with van der Waals surface area (Å²) in [5.41, 5.74) is 13.9. The summed E-state index contributed by atoms with van der Waals surface area (Å²) in [6.07, 6.45) is 0. The molecule has 2 aromatic carbocycles. The van der Waals surface area contributed by atoms with Gasteiger partial charge in [0.15, 0.2) is 0 Å². The molecule has 2 heteroatoms. The fourth-order valence-electron chi connectivity index (χ4n) is 2.77. The van der Waals surface area contributed by atoms with Crippen molar-refractivity contribution in [3.8, 4) is 16.9 Å². The van der Waals surface area contributed by atoms with E-state index in [1.54, 1.807) is 7.11 Å². The minimum atomic E-state index is -0.0376. The van der Waals surface area contributed by atoms with Crippen LogP contribution in [0.1, 0.15) is 28.3 Å². The Hall–Kier alpha value is -1.80. The number of benzene rings is 2. The van der Waals surface area contributed by atoms with E-state index >= 15 is 0 Å². The minimum Gasteiger partial charge on any atom is -0.497 e. The summed E-state index contributed by atoms with van der Waals surface area (Å²) >= 11 is 0. The molecule has 0 saturated carbocycles. The predicted molar refractivity (Wildman–Crippen MR) is 73.9 cm³/mol. The van der Waals surface area contributed by atoms with Gasteiger partial charge in [0.25, 0.3) is 0 Å². The Morgan fingerprint density at radius 1 is 1.06 bits per heavy atom. The molecule has 1 aliphatic carbocycles. The molecule has 2 aromatic rings. The summed E-state index contributed by atoms with van der Waals surface area (Å²) < 4.78 is 5.29. The number of fused-ring (bicyclic) bond motifs is 3. The Labute approximate surface area is 107 Å². The highest BCUT2D eigenvalue weighted by molar-refractivity contribution is 5.82. The molecule has 18 heavy (non-hydrogen) atoms. The molecule has 1 atom stereocenters. The van der Waals surface area contributed by atoms with Gasteiger partial charge in [-0.2, -0.15) is 0 Å². The quantitative estimate of drug-likeness (QED) is 0.828. The van der Waals surface area contributed by atoms with Gasteiger partial charge in [0, 0.05) is 0 Å². The fourth-order valence-corrected chi connectivity index (χ4v) is 2.77. The molecule has 2 N–H and O–H groups in total. The second-order valence-electron chi connectivity index (χ2n) is 4.90. The maximum Gasteiger partial charge on any atom is 0.119 e. The Morgan fingerprint density at radius 3 is 2.56 bits per heavy atom. The molecule has 0 heterocycles. The zero-order chi connectivity index (χ0) is 12.9. The van der Waals surface area contributed by atoms with Crippen molar-refractivity contribution < 1.29 is 4.74 Å². The van der Waals surface area contributed by atoms with Crippen LogP contribution in [-0.2, 0) is 0 Å². The summed E-state index contributed by atoms with van der Waals surface area (Å²) in [4.78, 5) is 0. The number of rotatable bonds is 1. The predicted octanol–water partition coefficient (Wildman–Crippen LogP) is 3.34. The Morgan fingerprint density at radius 2 is 1.83 bits per heavy atom. The van der Waals surface area contributed by atoms with Crippen LogP contribution in [-0.4, -0.2) is 7.11 Å². The summed E-state index contributed by atoms with van der Waals surface area (Å²) in [5.74, 6) is 0.867. The normalized spacial score (nSPS) is 16.3. The van der Waals surface area contributed by atoms with Gasteiger partial charge >= 0.3 is 0 Å². The highest BCUT2D eigenvalue weighted by Crippen LogP contribution is 2.45. The number of ether oxygens (including phenoxy) is 1. The van der Waals surface area contributed by atoms with Crippen molar-refractivity contribution in [2.75, 3.05) is 7.11 Å². The van der Waals surface area contributed by atoms with Gasteiger partial charge in [0.1, 0.15) is 5.75 Å². The van der Waals surface area contributed by atoms with Crippen molar-refractivity contribution in [3.63, 3.8) is 0 Å². The summed E-state index contributed by atoms with van der Waals surface area (Å²) in [6, 6.07) is 10.4. The number of hydrogen-bond acceptors (Lipinski definition) is 2. The average Bonchev–Trinajstić information content (AvgIpc) is 2.67. The molecule has 0 spiro atoms. The van der Waals surface area contributed by atoms with Crippen LogP contribution >= 0.6 is 0 Å². The van der Waals surface area contributed by atoms with E-state index < -0.39 is 0 Å². The molecule has 92 valence electrons. The molecule has 0 aliphatic heterocycles. The molecule has 3 rings (SSSR count). The Balaban J connectivity index is 2.30. The molecule has 0 saturated heterocycles. The van der Waals surface area contributed by atoms with Crippen molar-refractivity contribution in [2.45, 2.75) is 19.9 Å². The second kappa shape index (κ2) is 3.85. The first-order valence-electron chi connectivity index (χ1n) is 6.17. The number of nitrogens with two attached hydrogens (primary N) is 1. The van der Waals surface area contributed by atoms with E-state index in [2.05, 4.69) is 38.1 Å². The van der Waals surface area contributed by atoms with Crippen LogP contribution in [0.3, 0.4) is 0 Å². The van der Waals surface area contributed by atoms with Crippen LogP contribution in [0, 0.1) is 13.8 Å². The minimum absolute atomic E-state index is 0.0376. The smallest absolute Gasteiger partial charge is 0.119 e. The third-order valence-electron chi connectivity index (χ3n) is 3.97. The molecule has 0 fully saturated rings. The molecule has 2 nitrogen and oxygen atoms in total. The van der Waals surface area contributed by atoms with E-state index in [1.165, 1.54) is 27.8 Å². The standard InChI is InChI=1S/C16H17NO/c1-9-4-6-13-15(10(9)2)12-7-5-11(18-3)8-14(12)16(13)17/h4-8,16H,17H2,1-3H3. The lowest BCUT2D eigenvalue weighted by Crippen LogP contribution is -2.08. The lowest BCUT2D eigenvalue weighted by atomic mass is 9.96. The van der Waals surface area contributed by atoms with Crippen LogP contribution in [0.5, 0.6) is 5.75 Å². The van der Waals surface area contributed by atoms with Gasteiger partial charge in [0.2, 0.25) is 0 Å². The van der Waals surface area contributed by atoms with Crippen LogP contribution < -0.4 is 10.5 Å². The van der Waals surface area contributed by atoms with Gasteiger partial charge < -0.3 is 10.5 Å². The van der Waals surface area contributed by atoms with Crippen molar-refractivity contribution in [2.24, 2.45) is 5.73 Å². The zero-order valence-corrected chi connectivity index (χ0v) is 10.9. The Bertz CT molecular complexity index is 631. The molecule has 1 unspecified atom stereocenters. The van der Waals surface area contributed by atoms with Crippen LogP contribution in [0.15, 0.2) is 30.3 Å². The molecule has 1 aliphatic rings. The third kappa shape index (κ3) is 1.39. The van der Waals surface area contributed by atoms with Gasteiger partial charge in [-0.3, -0.25) is 0 Å². The first-order valence-corrected chi connectivity index (χ1v) is 6.17. The van der Waals surface area contributed by atoms with Gasteiger partial charge in [-0.15, -0.1) is 0 Å². The summed E-state index contributed by atoms with van der Waals surface area (Å²) in [5, 5.41) is 0. The SMILES string of the molecule is COc1ccc2c(c1)C(N)c1ccc(C)c(C)c1-2. The highest BCUT2D eigenvalue weighted by Gasteiger charge is 2.27. The van der Waals surface area contributed by atoms with Crippen molar-refractivity contribution in [3.05, 3.63) is 52.6 Å². The maximum atomic E-state index is 6.34. The lowest BCUT2D eigenvalue weighted by molar-refractivity contribution is 0.414. The molecule has 0 bridgehead atoms. The van der Waals surface area contributed by atoms with Crippen LogP contribution in [0.25, 0.3) is 11.1 Å². The first-order chi connectivity index (χ1) is 8.63. The second-order valence-corrected chi connectivity index (χ2v) is 4.90. The topological polar surface area (TPSA) is 35.2 Å². The average molecular weight is 239 g/mol. The van der Waals surface area contributed by atoms with E-state index in [1.807, 2.05) is 6.07 Å². The van der Waals surface area contributed by atoms with E-state index in [-0.39, 0.29) is 6.04 Å². The summed E-state index contributed by atoms with van der Waals surface area (Å²) in [7, 11) is 1.69. The zero-order valence-electron chi connectivity index (χ0n) is 10.9. The molecular formula is C16H17NO. The Kier molecular flexibility index (Phi) is 2.42. The van der Waals surface area contributed by atoms with Gasteiger partial charge in [0.05, 0.1) is 13.2 Å². The fraction of sp³-hybridized carbons (Fsp3) is 0.250. The van der Waals surface area contributed by atoms with Gasteiger partial charge in [-0.25, -0.2) is 0 Å². The molecule has 0 aromatic heterocycles. The third-order valence-corrected chi connectivity index (χ3v) is 3.97. The van der Waals surface area contributed by atoms with Crippen LogP contribution in [0.4, 0.5) is 0 Å². The van der Waals surface area contributed by atoms with Gasteiger partial charge in [-0.05, 0) is 59.4 Å². The molecule has 0 radical (unpaired) electrons. The van der Waals surface area contributed by atoms with Crippen molar-refractivity contribution >= 4 is 0 Å². The monoisotopic (exact) mass is 239 g/mol. The lowest BCUT2D eigenvalue weighted by Gasteiger charge is -2.09. The highest BCUT2D eigenvalue weighted by atomic mass is 16.5.